The molecular weight excluding hydrogens is 1620 g/mol. The van der Waals surface area contributed by atoms with Gasteiger partial charge in [0.05, 0.1) is 75.4 Å². The van der Waals surface area contributed by atoms with Crippen LogP contribution in [0.1, 0.15) is 134 Å². The van der Waals surface area contributed by atoms with Crippen molar-refractivity contribution in [1.29, 1.82) is 0 Å². The molecule has 0 fully saturated rings. The Morgan fingerprint density at radius 1 is 0.536 bits per heavy atom. The highest BCUT2D eigenvalue weighted by atomic mass is 35.5. The van der Waals surface area contributed by atoms with Crippen molar-refractivity contribution in [1.82, 2.24) is 39.5 Å². The van der Waals surface area contributed by atoms with Crippen LogP contribution in [0.25, 0.3) is 0 Å². The lowest BCUT2D eigenvalue weighted by atomic mass is 10.1. The predicted octanol–water partition coefficient (Wildman–Crippen LogP) is 16.4. The number of rotatable bonds is 18. The molecule has 0 bridgehead atoms. The number of carbonyl (C=O) groups is 5. The molecule has 0 spiro atoms. The molecule has 6 heterocycles. The number of alkyl halides is 9. The van der Waals surface area contributed by atoms with Crippen LogP contribution in [0.4, 0.5) is 83.5 Å². The number of aromatic amines is 1. The minimum Gasteiger partial charge on any atom is -0.476 e. The first-order chi connectivity index (χ1) is 51.6. The number of carboxylic acid groups (broad SMARTS) is 1. The number of pyridine rings is 3. The molecule has 604 valence electrons. The number of aromatic carboxylic acids is 1. The SMILES string of the molecule is CC(C)Nc1ccn(C(=O)OC(C)(C)C)n1.CCN(C(=O)c1ncc(Cl)cc1NS(=O)(=O)c1ccc(C)c(C(F)(F)F)c1)c1ccn(C(=O)OC(C)(C)C)c1.CCN(C(=O)c1ncc(Cl)cc1NS(=O)(=O)c1ccc(C)c(C(F)(F)F)c1)c1ccn[nH]1.Cc1ccc(S(=O)(=O)Nc2cc(Cl)cnc2C(=O)O)cc1C(F)(F)F. The fourth-order valence-corrected chi connectivity index (χ4v) is 13.2. The van der Waals surface area contributed by atoms with E-state index in [2.05, 4.69) is 45.0 Å². The second-order valence-corrected chi connectivity index (χ2v) is 32.3. The molecule has 28 nitrogen and oxygen atoms in total. The summed E-state index contributed by atoms with van der Waals surface area (Å²) in [5, 5.41) is 22.5. The smallest absolute Gasteiger partial charge is 0.435 e. The molecular formula is C69H72Cl3F9N14O14S3. The number of anilines is 6. The van der Waals surface area contributed by atoms with E-state index in [9.17, 15) is 88.7 Å². The summed E-state index contributed by atoms with van der Waals surface area (Å²) in [5.41, 5.74) is -7.11. The lowest BCUT2D eigenvalue weighted by Crippen LogP contribution is -2.32. The van der Waals surface area contributed by atoms with Crippen LogP contribution in [-0.4, -0.2) is 130 Å². The van der Waals surface area contributed by atoms with Gasteiger partial charge in [-0.1, -0.05) is 53.0 Å². The number of aryl methyl sites for hydroxylation is 3. The third-order valence-corrected chi connectivity index (χ3v) is 19.2. The Morgan fingerprint density at radius 3 is 1.26 bits per heavy atom. The molecule has 0 atom stereocenters. The van der Waals surface area contributed by atoms with Crippen LogP contribution in [0, 0.1) is 20.8 Å². The number of carbonyl (C=O) groups excluding carboxylic acids is 4. The molecule has 0 aliphatic rings. The first-order valence-electron chi connectivity index (χ1n) is 32.5. The molecule has 0 saturated carbocycles. The van der Waals surface area contributed by atoms with Crippen molar-refractivity contribution in [3.63, 3.8) is 0 Å². The number of benzene rings is 3. The van der Waals surface area contributed by atoms with E-state index in [0.29, 0.717) is 29.8 Å². The zero-order valence-electron chi connectivity index (χ0n) is 61.2. The number of ether oxygens (including phenoxy) is 2. The molecule has 2 amide bonds. The molecule has 0 radical (unpaired) electrons. The number of aromatic nitrogens is 8. The molecule has 43 heteroatoms. The summed E-state index contributed by atoms with van der Waals surface area (Å²) in [6, 6.07) is 15.9. The van der Waals surface area contributed by atoms with Crippen LogP contribution < -0.4 is 29.3 Å². The Bertz CT molecular complexity index is 5310. The van der Waals surface area contributed by atoms with E-state index < -0.39 is 133 Å². The molecule has 0 unspecified atom stereocenters. The van der Waals surface area contributed by atoms with E-state index in [1.54, 1.807) is 46.9 Å². The van der Waals surface area contributed by atoms with Crippen molar-refractivity contribution < 1.29 is 103 Å². The number of hydrogen-bond donors (Lipinski definition) is 6. The van der Waals surface area contributed by atoms with Gasteiger partial charge in [-0.2, -0.15) is 49.3 Å². The Kier molecular flexibility index (Phi) is 28.9. The number of hydrogen-bond acceptors (Lipinski definition) is 19. The van der Waals surface area contributed by atoms with E-state index in [1.807, 2.05) is 39.3 Å². The fraction of sp³-hybridized carbons (Fsp3) is 0.304. The van der Waals surface area contributed by atoms with Crippen molar-refractivity contribution >= 4 is 129 Å². The summed E-state index contributed by atoms with van der Waals surface area (Å²) in [4.78, 5) is 73.5. The van der Waals surface area contributed by atoms with Crippen LogP contribution in [0.2, 0.25) is 15.1 Å². The Hall–Kier alpha value is -10.6. The van der Waals surface area contributed by atoms with Crippen molar-refractivity contribution in [3.8, 4) is 0 Å². The Morgan fingerprint density at radius 2 is 0.911 bits per heavy atom. The highest BCUT2D eigenvalue weighted by Crippen LogP contribution is 2.38. The van der Waals surface area contributed by atoms with Gasteiger partial charge in [0.25, 0.3) is 41.9 Å². The van der Waals surface area contributed by atoms with Crippen molar-refractivity contribution in [2.24, 2.45) is 0 Å². The molecule has 9 aromatic rings. The van der Waals surface area contributed by atoms with Gasteiger partial charge in [0.1, 0.15) is 22.8 Å². The highest BCUT2D eigenvalue weighted by molar-refractivity contribution is 7.93. The standard InChI is InChI=1S/C25H26ClF3N4O5S.C19H17ClF3N5O3S.C14H10ClF3N2O4S.C11H19N3O2/c1-6-33(17-9-10-32(14-17)23(35)38-24(3,4)5)22(34)21-20(11-16(26)13-30-21)31-39(36,37)18-8-7-15(2)19(12-18)25(27,28)29;1-3-28(16-6-7-25-26-16)18(29)17-15(8-12(20)10-24-17)27-32(30,31)13-5-4-11(2)14(9-13)19(21,22)23;1-7-2-3-9(5-10(7)14(16,17)18)25(23,24)20-11-4-8(15)6-19-12(11)13(21)22;1-8(2)12-9-6-7-14(13-9)10(15)16-11(3,4)5/h7-14,31H,6H2,1-5H3;4-10,27H,3H2,1-2H3,(H,25,26);2-6,20H,1H3,(H,21,22);6-8H,1-5H3,(H,12,13). The van der Waals surface area contributed by atoms with Gasteiger partial charge in [-0.25, -0.2) is 54.6 Å². The second-order valence-electron chi connectivity index (χ2n) is 25.9. The largest absolute Gasteiger partial charge is 0.476 e. The summed E-state index contributed by atoms with van der Waals surface area (Å²) in [7, 11) is -13.6. The zero-order valence-corrected chi connectivity index (χ0v) is 66.0. The van der Waals surface area contributed by atoms with Crippen molar-refractivity contribution in [2.75, 3.05) is 42.4 Å². The van der Waals surface area contributed by atoms with Gasteiger partial charge < -0.3 is 24.8 Å². The van der Waals surface area contributed by atoms with Crippen LogP contribution >= 0.6 is 34.8 Å². The van der Waals surface area contributed by atoms with E-state index in [4.69, 9.17) is 49.4 Å². The molecule has 9 rings (SSSR count). The molecule has 6 aromatic heterocycles. The van der Waals surface area contributed by atoms with Gasteiger partial charge in [0, 0.05) is 68.4 Å². The van der Waals surface area contributed by atoms with Crippen LogP contribution in [0.5, 0.6) is 0 Å². The van der Waals surface area contributed by atoms with Gasteiger partial charge in [-0.3, -0.25) is 38.3 Å². The Balaban J connectivity index is 0.000000243. The molecule has 6 N–H and O–H groups in total. The van der Waals surface area contributed by atoms with E-state index >= 15 is 0 Å². The maximum atomic E-state index is 13.5. The fourth-order valence-electron chi connectivity index (χ4n) is 9.50. The second kappa shape index (κ2) is 35.9. The summed E-state index contributed by atoms with van der Waals surface area (Å²) in [6.45, 7) is 21.8. The van der Waals surface area contributed by atoms with Gasteiger partial charge >= 0.3 is 36.7 Å². The van der Waals surface area contributed by atoms with Crippen LogP contribution in [-0.2, 0) is 58.1 Å². The summed E-state index contributed by atoms with van der Waals surface area (Å²) in [5.74, 6) is -1.95. The third-order valence-electron chi connectivity index (χ3n) is 14.5. The number of carboxylic acids is 1. The summed E-state index contributed by atoms with van der Waals surface area (Å²) < 4.78 is 214. The number of amides is 2. The van der Waals surface area contributed by atoms with Gasteiger partial charge in [-0.15, -0.1) is 5.10 Å². The normalized spacial score (nSPS) is 12.0. The molecule has 0 aliphatic heterocycles. The summed E-state index contributed by atoms with van der Waals surface area (Å²) in [6.07, 6.45) is -6.34. The molecule has 0 saturated heterocycles. The van der Waals surface area contributed by atoms with Gasteiger partial charge in [0.15, 0.2) is 17.1 Å². The van der Waals surface area contributed by atoms with Crippen LogP contribution in [0.3, 0.4) is 0 Å². The van der Waals surface area contributed by atoms with Gasteiger partial charge in [-0.05, 0) is 167 Å². The number of nitrogens with zero attached hydrogens (tertiary/aromatic N) is 9. The summed E-state index contributed by atoms with van der Waals surface area (Å²) >= 11 is 17.6. The van der Waals surface area contributed by atoms with E-state index in [1.165, 1.54) is 66.0 Å². The molecule has 0 aliphatic carbocycles. The highest BCUT2D eigenvalue weighted by Gasteiger charge is 2.38. The maximum Gasteiger partial charge on any atom is 0.435 e. The molecule has 112 heavy (non-hydrogen) atoms. The minimum atomic E-state index is -4.77. The average Bonchev–Trinajstić information content (AvgIpc) is 0.922. The monoisotopic (exact) mass is 1690 g/mol. The average molecular weight is 1690 g/mol. The Labute approximate surface area is 651 Å². The van der Waals surface area contributed by atoms with Gasteiger partial charge in [0.2, 0.25) is 0 Å². The van der Waals surface area contributed by atoms with E-state index in [0.717, 1.165) is 77.8 Å². The predicted molar refractivity (Wildman–Crippen MR) is 398 cm³/mol. The van der Waals surface area contributed by atoms with Crippen molar-refractivity contribution in [2.45, 2.75) is 140 Å². The lowest BCUT2D eigenvalue weighted by Gasteiger charge is -2.21. The number of H-pyrrole nitrogens is 1. The quantitative estimate of drug-likeness (QED) is 0.0435. The topological polar surface area (TPSA) is 371 Å². The third kappa shape index (κ3) is 24.7. The first kappa shape index (κ1) is 90.3. The number of sulfonamides is 3. The molecule has 3 aromatic carbocycles. The zero-order chi connectivity index (χ0) is 84.4. The number of halogens is 12. The first-order valence-corrected chi connectivity index (χ1v) is 38.1. The maximum absolute atomic E-state index is 13.5. The van der Waals surface area contributed by atoms with Crippen LogP contribution in [0.15, 0.2) is 149 Å². The lowest BCUT2D eigenvalue weighted by molar-refractivity contribution is -0.139. The van der Waals surface area contributed by atoms with E-state index in [-0.39, 0.29) is 79.3 Å². The van der Waals surface area contributed by atoms with Crippen molar-refractivity contribution in [3.05, 3.63) is 200 Å². The minimum absolute atomic E-state index is 0.0173. The number of nitrogens with one attached hydrogen (secondary N) is 5.